The smallest absolute Gasteiger partial charge is 0.277 e. The van der Waals surface area contributed by atoms with E-state index in [9.17, 15) is 18.0 Å². The second-order valence-corrected chi connectivity index (χ2v) is 9.17. The van der Waals surface area contributed by atoms with Crippen LogP contribution in [0.2, 0.25) is 0 Å². The number of amides is 1. The Morgan fingerprint density at radius 3 is 2.57 bits per heavy atom. The number of aromatic amines is 1. The third-order valence-corrected chi connectivity index (χ3v) is 6.95. The molecule has 1 aromatic heterocycles. The van der Waals surface area contributed by atoms with Crippen LogP contribution in [0, 0.1) is 19.8 Å². The van der Waals surface area contributed by atoms with E-state index in [2.05, 4.69) is 15.5 Å². The third kappa shape index (κ3) is 4.00. The second kappa shape index (κ2) is 7.84. The lowest BCUT2D eigenvalue weighted by Gasteiger charge is -2.30. The van der Waals surface area contributed by atoms with Crippen molar-refractivity contribution in [3.63, 3.8) is 0 Å². The maximum Gasteiger partial charge on any atom is 0.277 e. The van der Waals surface area contributed by atoms with Crippen LogP contribution in [0.5, 0.6) is 0 Å². The Hall–Kier alpha value is -2.52. The molecule has 1 aromatic carbocycles. The van der Waals surface area contributed by atoms with Crippen molar-refractivity contribution >= 4 is 21.6 Å². The Morgan fingerprint density at radius 2 is 1.93 bits per heavy atom. The van der Waals surface area contributed by atoms with E-state index in [0.717, 1.165) is 12.8 Å². The van der Waals surface area contributed by atoms with Crippen LogP contribution in [0.1, 0.15) is 41.4 Å². The Labute approximate surface area is 164 Å². The van der Waals surface area contributed by atoms with Gasteiger partial charge in [-0.05, 0) is 62.4 Å². The molecule has 9 heteroatoms. The van der Waals surface area contributed by atoms with Gasteiger partial charge in [-0.25, -0.2) is 13.5 Å². The number of aryl methyl sites for hydroxylation is 1. The molecule has 2 aromatic rings. The Bertz CT molecular complexity index is 1040. The molecule has 0 bridgehead atoms. The summed E-state index contributed by atoms with van der Waals surface area (Å²) in [5.74, 6) is -0.225. The summed E-state index contributed by atoms with van der Waals surface area (Å²) in [5, 5.41) is 8.76. The van der Waals surface area contributed by atoms with Gasteiger partial charge in [-0.1, -0.05) is 6.92 Å². The van der Waals surface area contributed by atoms with Crippen molar-refractivity contribution in [3.05, 3.63) is 51.4 Å². The minimum absolute atomic E-state index is 0.00787. The molecule has 1 amide bonds. The molecule has 0 radical (unpaired) electrons. The topological polar surface area (TPSA) is 112 Å². The lowest BCUT2D eigenvalue weighted by Crippen LogP contribution is -2.39. The molecule has 0 spiro atoms. The monoisotopic (exact) mass is 404 g/mol. The summed E-state index contributed by atoms with van der Waals surface area (Å²) in [6.45, 7) is 6.44. The molecule has 0 saturated carbocycles. The molecule has 1 unspecified atom stereocenters. The van der Waals surface area contributed by atoms with E-state index in [1.54, 1.807) is 13.8 Å². The van der Waals surface area contributed by atoms with Crippen molar-refractivity contribution < 1.29 is 13.2 Å². The van der Waals surface area contributed by atoms with Gasteiger partial charge >= 0.3 is 0 Å². The number of sulfonamides is 1. The first-order valence-electron chi connectivity index (χ1n) is 9.17. The third-order valence-electron chi connectivity index (χ3n) is 5.07. The summed E-state index contributed by atoms with van der Waals surface area (Å²) < 4.78 is 27.1. The highest BCUT2D eigenvalue weighted by molar-refractivity contribution is 7.89. The summed E-state index contributed by atoms with van der Waals surface area (Å²) >= 11 is 0. The Kier molecular flexibility index (Phi) is 5.66. The number of H-pyrrole nitrogens is 1. The van der Waals surface area contributed by atoms with Crippen LogP contribution in [0.15, 0.2) is 34.0 Å². The maximum absolute atomic E-state index is 12.8. The van der Waals surface area contributed by atoms with Crippen LogP contribution in [0.25, 0.3) is 0 Å². The van der Waals surface area contributed by atoms with E-state index >= 15 is 0 Å². The van der Waals surface area contributed by atoms with Crippen molar-refractivity contribution in [3.8, 4) is 0 Å². The molecule has 150 valence electrons. The highest BCUT2D eigenvalue weighted by Gasteiger charge is 2.28. The predicted molar refractivity (Wildman–Crippen MR) is 106 cm³/mol. The molecular weight excluding hydrogens is 380 g/mol. The number of anilines is 1. The number of carbonyl (C=O) groups is 1. The number of rotatable bonds is 4. The normalized spacial score (nSPS) is 18.0. The van der Waals surface area contributed by atoms with Crippen LogP contribution < -0.4 is 10.9 Å². The number of benzene rings is 1. The SMILES string of the molecule is Cc1n[nH]c(=O)c(C(=O)Nc2ccc(S(=O)(=O)N3CCCC(C)C3)cc2)c1C. The zero-order valence-electron chi connectivity index (χ0n) is 16.2. The molecule has 28 heavy (non-hydrogen) atoms. The van der Waals surface area contributed by atoms with Crippen molar-refractivity contribution in [2.24, 2.45) is 5.92 Å². The summed E-state index contributed by atoms with van der Waals surface area (Å²) in [6, 6.07) is 5.99. The fourth-order valence-electron chi connectivity index (χ4n) is 3.32. The molecule has 3 rings (SSSR count). The minimum atomic E-state index is -3.55. The summed E-state index contributed by atoms with van der Waals surface area (Å²) in [4.78, 5) is 24.6. The first-order valence-corrected chi connectivity index (χ1v) is 10.6. The zero-order chi connectivity index (χ0) is 20.5. The largest absolute Gasteiger partial charge is 0.322 e. The van der Waals surface area contributed by atoms with Gasteiger partial charge in [-0.15, -0.1) is 0 Å². The van der Waals surface area contributed by atoms with Gasteiger partial charge in [0.15, 0.2) is 0 Å². The molecule has 1 aliphatic rings. The van der Waals surface area contributed by atoms with Crippen molar-refractivity contribution in [2.75, 3.05) is 18.4 Å². The molecule has 8 nitrogen and oxygen atoms in total. The average molecular weight is 404 g/mol. The molecule has 1 atom stereocenters. The number of nitrogens with zero attached hydrogens (tertiary/aromatic N) is 2. The van der Waals surface area contributed by atoms with Crippen LogP contribution in [0.4, 0.5) is 5.69 Å². The van der Waals surface area contributed by atoms with Gasteiger partial charge in [0.1, 0.15) is 5.56 Å². The Morgan fingerprint density at radius 1 is 1.25 bits per heavy atom. The molecule has 1 aliphatic heterocycles. The molecule has 1 saturated heterocycles. The highest BCUT2D eigenvalue weighted by Crippen LogP contribution is 2.24. The van der Waals surface area contributed by atoms with Gasteiger partial charge in [-0.3, -0.25) is 9.59 Å². The molecular formula is C19H24N4O4S. The first kappa shape index (κ1) is 20.2. The lowest BCUT2D eigenvalue weighted by atomic mass is 10.0. The number of aromatic nitrogens is 2. The molecule has 0 aliphatic carbocycles. The molecule has 2 N–H and O–H groups in total. The van der Waals surface area contributed by atoms with E-state index in [4.69, 9.17) is 0 Å². The first-order chi connectivity index (χ1) is 13.2. The summed E-state index contributed by atoms with van der Waals surface area (Å²) in [5.41, 5.74) is 0.886. The number of hydrogen-bond donors (Lipinski definition) is 2. The zero-order valence-corrected chi connectivity index (χ0v) is 17.0. The van der Waals surface area contributed by atoms with Gasteiger partial charge in [0.2, 0.25) is 10.0 Å². The number of nitrogens with one attached hydrogen (secondary N) is 2. The van der Waals surface area contributed by atoms with Gasteiger partial charge in [0.25, 0.3) is 11.5 Å². The molecule has 2 heterocycles. The van der Waals surface area contributed by atoms with Gasteiger partial charge < -0.3 is 5.32 Å². The summed E-state index contributed by atoms with van der Waals surface area (Å²) in [7, 11) is -3.55. The van der Waals surface area contributed by atoms with E-state index in [-0.39, 0.29) is 10.5 Å². The number of hydrogen-bond acceptors (Lipinski definition) is 5. The van der Waals surface area contributed by atoms with Crippen LogP contribution in [-0.4, -0.2) is 41.9 Å². The van der Waals surface area contributed by atoms with E-state index in [0.29, 0.717) is 36.0 Å². The predicted octanol–water partition coefficient (Wildman–Crippen LogP) is 2.06. The van der Waals surface area contributed by atoms with E-state index in [1.165, 1.54) is 28.6 Å². The highest BCUT2D eigenvalue weighted by atomic mass is 32.2. The second-order valence-electron chi connectivity index (χ2n) is 7.23. The fourth-order valence-corrected chi connectivity index (χ4v) is 4.91. The van der Waals surface area contributed by atoms with Crippen molar-refractivity contribution in [1.29, 1.82) is 0 Å². The fraction of sp³-hybridized carbons (Fsp3) is 0.421. The van der Waals surface area contributed by atoms with E-state index < -0.39 is 21.5 Å². The van der Waals surface area contributed by atoms with Gasteiger partial charge in [0, 0.05) is 18.8 Å². The van der Waals surface area contributed by atoms with Gasteiger partial charge in [0.05, 0.1) is 10.6 Å². The van der Waals surface area contributed by atoms with E-state index in [1.807, 2.05) is 6.92 Å². The van der Waals surface area contributed by atoms with Crippen molar-refractivity contribution in [1.82, 2.24) is 14.5 Å². The average Bonchev–Trinajstić information content (AvgIpc) is 2.65. The van der Waals surface area contributed by atoms with Crippen LogP contribution in [0.3, 0.4) is 0 Å². The number of carbonyl (C=O) groups excluding carboxylic acids is 1. The summed E-state index contributed by atoms with van der Waals surface area (Å²) in [6.07, 6.45) is 1.89. The maximum atomic E-state index is 12.8. The lowest BCUT2D eigenvalue weighted by molar-refractivity contribution is 0.102. The van der Waals surface area contributed by atoms with Crippen LogP contribution >= 0.6 is 0 Å². The Balaban J connectivity index is 1.79. The number of piperidine rings is 1. The van der Waals surface area contributed by atoms with Crippen LogP contribution in [-0.2, 0) is 10.0 Å². The standard InChI is InChI=1S/C19H24N4O4S/c1-12-5-4-10-23(11-12)28(26,27)16-8-6-15(7-9-16)20-18(24)17-13(2)14(3)21-22-19(17)25/h6-9,12H,4-5,10-11H2,1-3H3,(H,20,24)(H,22,25). The van der Waals surface area contributed by atoms with Gasteiger partial charge in [-0.2, -0.15) is 9.40 Å². The molecule has 1 fully saturated rings. The minimum Gasteiger partial charge on any atom is -0.322 e. The quantitative estimate of drug-likeness (QED) is 0.810. The van der Waals surface area contributed by atoms with Crippen molar-refractivity contribution in [2.45, 2.75) is 38.5 Å².